The molecule has 0 saturated carbocycles. The Morgan fingerprint density at radius 1 is 1.11 bits per heavy atom. The van der Waals surface area contributed by atoms with Crippen LogP contribution in [0.2, 0.25) is 0 Å². The van der Waals surface area contributed by atoms with Crippen molar-refractivity contribution in [3.8, 4) is 11.5 Å². The van der Waals surface area contributed by atoms with E-state index in [1.54, 1.807) is 18.2 Å². The maximum absolute atomic E-state index is 12.6. The van der Waals surface area contributed by atoms with Crippen LogP contribution < -0.4 is 19.7 Å². The molecule has 9 nitrogen and oxygen atoms in total. The van der Waals surface area contributed by atoms with E-state index >= 15 is 0 Å². The van der Waals surface area contributed by atoms with Gasteiger partial charge >= 0.3 is 0 Å². The molecule has 1 atom stereocenters. The van der Waals surface area contributed by atoms with Crippen LogP contribution in [0.3, 0.4) is 0 Å². The van der Waals surface area contributed by atoms with E-state index in [9.17, 15) is 13.2 Å². The van der Waals surface area contributed by atoms with Crippen LogP contribution in [0.4, 0.5) is 5.95 Å². The minimum atomic E-state index is -3.31. The molecule has 1 aromatic heterocycles. The summed E-state index contributed by atoms with van der Waals surface area (Å²) in [7, 11) is -3.31. The molecule has 190 valence electrons. The molecule has 36 heavy (non-hydrogen) atoms. The first-order chi connectivity index (χ1) is 17.3. The van der Waals surface area contributed by atoms with Crippen LogP contribution in [0.5, 0.6) is 11.5 Å². The van der Waals surface area contributed by atoms with E-state index in [2.05, 4.69) is 20.2 Å². The number of nitrogens with zero attached hydrogens (tertiary/aromatic N) is 3. The van der Waals surface area contributed by atoms with Gasteiger partial charge in [-0.3, -0.25) is 4.79 Å². The number of sulfone groups is 1. The van der Waals surface area contributed by atoms with Crippen molar-refractivity contribution in [1.82, 2.24) is 15.3 Å². The van der Waals surface area contributed by atoms with Gasteiger partial charge in [-0.1, -0.05) is 24.3 Å². The van der Waals surface area contributed by atoms with Gasteiger partial charge in [-0.2, -0.15) is 0 Å². The third-order valence-corrected chi connectivity index (χ3v) is 6.89. The minimum absolute atomic E-state index is 0.0328. The molecule has 0 bridgehead atoms. The lowest BCUT2D eigenvalue weighted by Gasteiger charge is -2.33. The summed E-state index contributed by atoms with van der Waals surface area (Å²) in [5, 5.41) is 2.78. The molecular weight excluding hydrogens is 480 g/mol. The van der Waals surface area contributed by atoms with Gasteiger partial charge in [0.15, 0.2) is 21.3 Å². The molecular formula is C26H30N4O5S. The smallest absolute Gasteiger partial charge is 0.254 e. The van der Waals surface area contributed by atoms with Gasteiger partial charge in [0.2, 0.25) is 5.95 Å². The fourth-order valence-corrected chi connectivity index (χ4v) is 4.68. The molecule has 1 unspecified atom stereocenters. The summed E-state index contributed by atoms with van der Waals surface area (Å²) in [5.41, 5.74) is 1.02. The Labute approximate surface area is 211 Å². The number of hydrogen-bond donors (Lipinski definition) is 1. The molecule has 1 amide bonds. The highest BCUT2D eigenvalue weighted by Gasteiger charge is 2.24. The van der Waals surface area contributed by atoms with Crippen molar-refractivity contribution in [2.24, 2.45) is 0 Å². The summed E-state index contributed by atoms with van der Waals surface area (Å²) in [6.45, 7) is 4.13. The molecule has 3 aromatic rings. The summed E-state index contributed by atoms with van der Waals surface area (Å²) in [6.07, 6.45) is 5.96. The SMILES string of the molecule is CCOc1ccccc1OC1CCCN(c2ncc(C(=O)NCc3cccc(S(C)(=O)=O)c3)cn2)C1. The standard InChI is InChI=1S/C26H30N4O5S/c1-3-34-23-11-4-5-12-24(23)35-21-9-7-13-30(18-21)26-28-16-20(17-29-26)25(31)27-15-19-8-6-10-22(14-19)36(2,32)33/h4-6,8,10-12,14,16-17,21H,3,7,9,13,15,18H2,1-2H3,(H,27,31). The van der Waals surface area contributed by atoms with Gasteiger partial charge in [-0.15, -0.1) is 0 Å². The molecule has 1 fully saturated rings. The van der Waals surface area contributed by atoms with Gasteiger partial charge in [0.1, 0.15) is 6.10 Å². The highest BCUT2D eigenvalue weighted by molar-refractivity contribution is 7.90. The quantitative estimate of drug-likeness (QED) is 0.467. The number of benzene rings is 2. The largest absolute Gasteiger partial charge is 0.490 e. The summed E-state index contributed by atoms with van der Waals surface area (Å²) >= 11 is 0. The molecule has 0 aliphatic carbocycles. The van der Waals surface area contributed by atoms with Crippen LogP contribution in [0.1, 0.15) is 35.7 Å². The van der Waals surface area contributed by atoms with E-state index in [1.807, 2.05) is 31.2 Å². The maximum Gasteiger partial charge on any atom is 0.254 e. The molecule has 1 saturated heterocycles. The number of amides is 1. The molecule has 0 radical (unpaired) electrons. The minimum Gasteiger partial charge on any atom is -0.490 e. The lowest BCUT2D eigenvalue weighted by Crippen LogP contribution is -2.42. The molecule has 2 heterocycles. The van der Waals surface area contributed by atoms with Gasteiger partial charge in [0.25, 0.3) is 5.91 Å². The van der Waals surface area contributed by atoms with Crippen LogP contribution >= 0.6 is 0 Å². The molecule has 4 rings (SSSR count). The number of aromatic nitrogens is 2. The van der Waals surface area contributed by atoms with E-state index < -0.39 is 9.84 Å². The van der Waals surface area contributed by atoms with Crippen LogP contribution in [0.15, 0.2) is 65.8 Å². The molecule has 0 spiro atoms. The average Bonchev–Trinajstić information content (AvgIpc) is 2.88. The number of para-hydroxylation sites is 2. The monoisotopic (exact) mass is 510 g/mol. The number of carbonyl (C=O) groups is 1. The van der Waals surface area contributed by atoms with Crippen molar-refractivity contribution < 1.29 is 22.7 Å². The summed E-state index contributed by atoms with van der Waals surface area (Å²) in [5.74, 6) is 1.66. The average molecular weight is 511 g/mol. The van der Waals surface area contributed by atoms with Crippen molar-refractivity contribution in [1.29, 1.82) is 0 Å². The third-order valence-electron chi connectivity index (χ3n) is 5.78. The van der Waals surface area contributed by atoms with Crippen molar-refractivity contribution >= 4 is 21.7 Å². The third kappa shape index (κ3) is 6.51. The predicted octanol–water partition coefficient (Wildman–Crippen LogP) is 3.26. The predicted molar refractivity (Wildman–Crippen MR) is 136 cm³/mol. The zero-order chi connectivity index (χ0) is 25.5. The number of carbonyl (C=O) groups excluding carboxylic acids is 1. The summed E-state index contributed by atoms with van der Waals surface area (Å²) < 4.78 is 35.4. The number of piperidine rings is 1. The first kappa shape index (κ1) is 25.4. The van der Waals surface area contributed by atoms with Crippen LogP contribution in [-0.4, -0.2) is 56.3 Å². The highest BCUT2D eigenvalue weighted by Crippen LogP contribution is 2.29. The first-order valence-electron chi connectivity index (χ1n) is 11.9. The number of nitrogens with one attached hydrogen (secondary N) is 1. The number of hydrogen-bond acceptors (Lipinski definition) is 8. The Morgan fingerprint density at radius 3 is 2.58 bits per heavy atom. The number of anilines is 1. The molecule has 1 aliphatic heterocycles. The Morgan fingerprint density at radius 2 is 1.86 bits per heavy atom. The van der Waals surface area contributed by atoms with Crippen molar-refractivity contribution in [3.05, 3.63) is 72.1 Å². The molecule has 1 N–H and O–H groups in total. The highest BCUT2D eigenvalue weighted by atomic mass is 32.2. The molecule has 1 aliphatic rings. The van der Waals surface area contributed by atoms with E-state index in [0.717, 1.165) is 37.1 Å². The van der Waals surface area contributed by atoms with Crippen LogP contribution in [-0.2, 0) is 16.4 Å². The summed E-state index contributed by atoms with van der Waals surface area (Å²) in [6, 6.07) is 14.1. The normalized spacial score (nSPS) is 15.8. The van der Waals surface area contributed by atoms with Crippen molar-refractivity contribution in [2.75, 3.05) is 30.9 Å². The number of ether oxygens (including phenoxy) is 2. The fourth-order valence-electron chi connectivity index (χ4n) is 3.99. The second-order valence-electron chi connectivity index (χ2n) is 8.58. The number of rotatable bonds is 9. The Bertz CT molecular complexity index is 1300. The Balaban J connectivity index is 1.35. The Hall–Kier alpha value is -3.66. The fraction of sp³-hybridized carbons (Fsp3) is 0.346. The van der Waals surface area contributed by atoms with E-state index in [1.165, 1.54) is 18.5 Å². The lowest BCUT2D eigenvalue weighted by atomic mass is 10.1. The summed E-state index contributed by atoms with van der Waals surface area (Å²) in [4.78, 5) is 23.7. The zero-order valence-corrected chi connectivity index (χ0v) is 21.2. The maximum atomic E-state index is 12.6. The second-order valence-corrected chi connectivity index (χ2v) is 10.6. The van der Waals surface area contributed by atoms with Gasteiger partial charge in [0, 0.05) is 31.7 Å². The van der Waals surface area contributed by atoms with Crippen LogP contribution in [0.25, 0.3) is 0 Å². The van der Waals surface area contributed by atoms with E-state index in [4.69, 9.17) is 9.47 Å². The van der Waals surface area contributed by atoms with Crippen molar-refractivity contribution in [3.63, 3.8) is 0 Å². The second kappa shape index (κ2) is 11.4. The van der Waals surface area contributed by atoms with Gasteiger partial charge in [0.05, 0.1) is 23.6 Å². The molecule has 2 aromatic carbocycles. The van der Waals surface area contributed by atoms with E-state index in [0.29, 0.717) is 30.2 Å². The first-order valence-corrected chi connectivity index (χ1v) is 13.8. The van der Waals surface area contributed by atoms with Gasteiger partial charge < -0.3 is 19.7 Å². The Kier molecular flexibility index (Phi) is 8.04. The van der Waals surface area contributed by atoms with E-state index in [-0.39, 0.29) is 23.5 Å². The topological polar surface area (TPSA) is 111 Å². The lowest BCUT2D eigenvalue weighted by molar-refractivity contribution is 0.0950. The van der Waals surface area contributed by atoms with Crippen molar-refractivity contribution in [2.45, 2.75) is 37.3 Å². The van der Waals surface area contributed by atoms with Gasteiger partial charge in [-0.25, -0.2) is 18.4 Å². The molecule has 10 heteroatoms. The van der Waals surface area contributed by atoms with Crippen LogP contribution in [0, 0.1) is 0 Å². The van der Waals surface area contributed by atoms with Gasteiger partial charge in [-0.05, 0) is 49.6 Å². The zero-order valence-electron chi connectivity index (χ0n) is 20.4.